The second-order valence-electron chi connectivity index (χ2n) is 10.5. The lowest BCUT2D eigenvalue weighted by molar-refractivity contribution is 0.292. The predicted octanol–water partition coefficient (Wildman–Crippen LogP) is 6.59. The molecule has 0 saturated heterocycles. The Labute approximate surface area is 224 Å². The molecule has 0 aliphatic rings. The molecular weight excluding hydrogens is 502 g/mol. The van der Waals surface area contributed by atoms with Crippen LogP contribution in [0.5, 0.6) is 0 Å². The van der Waals surface area contributed by atoms with Gasteiger partial charge in [-0.2, -0.15) is 10.4 Å². The quantitative estimate of drug-likeness (QED) is 0.257. The monoisotopic (exact) mass is 533 g/mol. The number of nitrogens with one attached hydrogen (secondary N) is 1. The van der Waals surface area contributed by atoms with Gasteiger partial charge in [0, 0.05) is 48.9 Å². The van der Waals surface area contributed by atoms with Crippen molar-refractivity contribution in [1.82, 2.24) is 24.5 Å². The second kappa shape index (κ2) is 10.5. The van der Waals surface area contributed by atoms with Crippen molar-refractivity contribution in [3.63, 3.8) is 0 Å². The lowest BCUT2D eigenvalue weighted by Crippen LogP contribution is -2.41. The summed E-state index contributed by atoms with van der Waals surface area (Å²) >= 11 is 6.49. The molecule has 1 aromatic carbocycles. The van der Waals surface area contributed by atoms with E-state index < -0.39 is 8.32 Å². The number of aryl methyl sites for hydroxylation is 1. The van der Waals surface area contributed by atoms with E-state index in [0.29, 0.717) is 40.9 Å². The number of halogens is 1. The van der Waals surface area contributed by atoms with E-state index in [1.165, 1.54) is 0 Å². The SMILES string of the molecule is Cc1cc(-n2ccc(-n3cccn3)n2)c(CCO[Si](C)(C)C(C)(C)C)c(Nc2ccc(C#N)cc2Cl)n1. The maximum atomic E-state index is 9.21. The second-order valence-corrected chi connectivity index (χ2v) is 15.7. The zero-order valence-electron chi connectivity index (χ0n) is 22.1. The fourth-order valence-corrected chi connectivity index (χ4v) is 4.92. The molecule has 0 bridgehead atoms. The summed E-state index contributed by atoms with van der Waals surface area (Å²) in [5.74, 6) is 1.39. The summed E-state index contributed by atoms with van der Waals surface area (Å²) in [6.45, 7) is 13.7. The van der Waals surface area contributed by atoms with Crippen molar-refractivity contribution in [3.05, 3.63) is 76.8 Å². The van der Waals surface area contributed by atoms with Gasteiger partial charge in [0.05, 0.1) is 28.0 Å². The van der Waals surface area contributed by atoms with Gasteiger partial charge in [-0.25, -0.2) is 14.3 Å². The van der Waals surface area contributed by atoms with Gasteiger partial charge >= 0.3 is 0 Å². The molecule has 0 saturated carbocycles. The number of nitrogens with zero attached hydrogens (tertiary/aromatic N) is 6. The molecule has 0 radical (unpaired) electrons. The number of hydrogen-bond donors (Lipinski definition) is 1. The van der Waals surface area contributed by atoms with Crippen LogP contribution in [-0.2, 0) is 10.8 Å². The van der Waals surface area contributed by atoms with Gasteiger partial charge in [-0.05, 0) is 55.4 Å². The average molecular weight is 534 g/mol. The highest BCUT2D eigenvalue weighted by Crippen LogP contribution is 2.37. The number of rotatable bonds is 8. The highest BCUT2D eigenvalue weighted by molar-refractivity contribution is 6.74. The van der Waals surface area contributed by atoms with Crippen molar-refractivity contribution < 1.29 is 4.43 Å². The molecule has 0 fully saturated rings. The van der Waals surface area contributed by atoms with E-state index >= 15 is 0 Å². The first-order valence-electron chi connectivity index (χ1n) is 12.2. The molecule has 8 nitrogen and oxygen atoms in total. The van der Waals surface area contributed by atoms with E-state index in [1.54, 1.807) is 29.1 Å². The van der Waals surface area contributed by atoms with Crippen molar-refractivity contribution in [2.75, 3.05) is 11.9 Å². The van der Waals surface area contributed by atoms with Crippen LogP contribution in [0.1, 0.15) is 37.6 Å². The van der Waals surface area contributed by atoms with E-state index in [-0.39, 0.29) is 5.04 Å². The van der Waals surface area contributed by atoms with Gasteiger partial charge < -0.3 is 9.74 Å². The summed E-state index contributed by atoms with van der Waals surface area (Å²) in [7, 11) is -1.94. The van der Waals surface area contributed by atoms with Gasteiger partial charge in [-0.3, -0.25) is 0 Å². The normalized spacial score (nSPS) is 11.9. The molecule has 192 valence electrons. The van der Waals surface area contributed by atoms with Gasteiger partial charge in [-0.1, -0.05) is 32.4 Å². The smallest absolute Gasteiger partial charge is 0.191 e. The van der Waals surface area contributed by atoms with Gasteiger partial charge in [0.1, 0.15) is 5.82 Å². The topological polar surface area (TPSA) is 93.6 Å². The molecule has 0 aliphatic heterocycles. The zero-order chi connectivity index (χ0) is 26.8. The van der Waals surface area contributed by atoms with Gasteiger partial charge in [0.25, 0.3) is 0 Å². The van der Waals surface area contributed by atoms with E-state index in [9.17, 15) is 5.26 Å². The number of pyridine rings is 1. The molecule has 0 atom stereocenters. The number of benzene rings is 1. The predicted molar refractivity (Wildman–Crippen MR) is 150 cm³/mol. The van der Waals surface area contributed by atoms with Gasteiger partial charge in [-0.15, -0.1) is 5.10 Å². The fraction of sp³-hybridized carbons (Fsp3) is 0.333. The Kier molecular flexibility index (Phi) is 7.55. The molecule has 0 spiro atoms. The first-order valence-corrected chi connectivity index (χ1v) is 15.4. The van der Waals surface area contributed by atoms with Crippen LogP contribution in [0.15, 0.2) is 55.0 Å². The Balaban J connectivity index is 1.74. The number of aromatic nitrogens is 5. The fourth-order valence-electron chi connectivity index (χ4n) is 3.65. The minimum atomic E-state index is -1.94. The third-order valence-corrected chi connectivity index (χ3v) is 11.6. The van der Waals surface area contributed by atoms with E-state index in [1.807, 2.05) is 42.2 Å². The molecular formula is C27H32ClN7OSi. The van der Waals surface area contributed by atoms with Crippen LogP contribution in [-0.4, -0.2) is 39.5 Å². The van der Waals surface area contributed by atoms with Crippen molar-refractivity contribution >= 4 is 31.4 Å². The van der Waals surface area contributed by atoms with Crippen LogP contribution in [0.25, 0.3) is 11.5 Å². The molecule has 4 aromatic rings. The van der Waals surface area contributed by atoms with E-state index in [2.05, 4.69) is 50.3 Å². The van der Waals surface area contributed by atoms with E-state index in [4.69, 9.17) is 26.1 Å². The lowest BCUT2D eigenvalue weighted by atomic mass is 10.1. The minimum absolute atomic E-state index is 0.110. The Bertz CT molecular complexity index is 1430. The maximum absolute atomic E-state index is 9.21. The number of nitriles is 1. The highest BCUT2D eigenvalue weighted by Gasteiger charge is 2.37. The summed E-state index contributed by atoms with van der Waals surface area (Å²) < 4.78 is 10.1. The number of anilines is 2. The Morgan fingerprint density at radius 1 is 1.14 bits per heavy atom. The minimum Gasteiger partial charge on any atom is -0.416 e. The van der Waals surface area contributed by atoms with Crippen LogP contribution in [0.3, 0.4) is 0 Å². The van der Waals surface area contributed by atoms with Crippen molar-refractivity contribution in [2.45, 2.75) is 52.2 Å². The number of hydrogen-bond acceptors (Lipinski definition) is 6. The molecule has 0 aliphatic carbocycles. The Hall–Kier alpha value is -3.45. The molecule has 3 aromatic heterocycles. The molecule has 4 rings (SSSR count). The zero-order valence-corrected chi connectivity index (χ0v) is 23.8. The standard InChI is InChI=1S/C27H32ClN7OSi/c1-19-16-24(34-14-10-25(33-34)35-13-7-12-30-35)21(11-15-36-37(5,6)27(2,3)4)26(31-19)32-23-9-8-20(18-29)17-22(23)28/h7-10,12-14,16-17H,11,15H2,1-6H3,(H,31,32). The van der Waals surface area contributed by atoms with Crippen LogP contribution in [0, 0.1) is 18.3 Å². The highest BCUT2D eigenvalue weighted by atomic mass is 35.5. The summed E-state index contributed by atoms with van der Waals surface area (Å²) in [4.78, 5) is 4.82. The summed E-state index contributed by atoms with van der Waals surface area (Å²) in [6.07, 6.45) is 6.13. The van der Waals surface area contributed by atoms with Gasteiger partial charge in [0.2, 0.25) is 0 Å². The molecule has 10 heteroatoms. The Morgan fingerprint density at radius 2 is 1.92 bits per heavy atom. The van der Waals surface area contributed by atoms with Crippen LogP contribution < -0.4 is 5.32 Å². The molecule has 1 N–H and O–H groups in total. The van der Waals surface area contributed by atoms with Crippen molar-refractivity contribution in [3.8, 4) is 17.6 Å². The summed E-state index contributed by atoms with van der Waals surface area (Å²) in [6, 6.07) is 13.1. The molecule has 0 amide bonds. The summed E-state index contributed by atoms with van der Waals surface area (Å²) in [5.41, 5.74) is 3.86. The van der Waals surface area contributed by atoms with Gasteiger partial charge in [0.15, 0.2) is 14.1 Å². The van der Waals surface area contributed by atoms with E-state index in [0.717, 1.165) is 16.9 Å². The molecule has 37 heavy (non-hydrogen) atoms. The average Bonchev–Trinajstić information content (AvgIpc) is 3.52. The third kappa shape index (κ3) is 5.93. The van der Waals surface area contributed by atoms with Crippen molar-refractivity contribution in [1.29, 1.82) is 5.26 Å². The maximum Gasteiger partial charge on any atom is 0.191 e. The summed E-state index contributed by atoms with van der Waals surface area (Å²) in [5, 5.41) is 22.2. The largest absolute Gasteiger partial charge is 0.416 e. The molecule has 3 heterocycles. The first kappa shape index (κ1) is 26.6. The Morgan fingerprint density at radius 3 is 2.57 bits per heavy atom. The lowest BCUT2D eigenvalue weighted by Gasteiger charge is -2.36. The third-order valence-electron chi connectivity index (χ3n) is 6.76. The van der Waals surface area contributed by atoms with Crippen LogP contribution >= 0.6 is 11.6 Å². The first-order chi connectivity index (χ1) is 17.5. The van der Waals surface area contributed by atoms with Crippen LogP contribution in [0.2, 0.25) is 23.2 Å². The molecule has 0 unspecified atom stereocenters. The van der Waals surface area contributed by atoms with Crippen molar-refractivity contribution in [2.24, 2.45) is 0 Å². The van der Waals surface area contributed by atoms with Crippen LogP contribution in [0.4, 0.5) is 11.5 Å².